The quantitative estimate of drug-likeness (QED) is 0.895. The lowest BCUT2D eigenvalue weighted by molar-refractivity contribution is 0.0596. The Balaban J connectivity index is 2.95. The van der Waals surface area contributed by atoms with E-state index in [-0.39, 0.29) is 12.1 Å². The number of halogens is 1. The molecule has 3 atom stereocenters. The van der Waals surface area contributed by atoms with Crippen LogP contribution in [0.2, 0.25) is 0 Å². The van der Waals surface area contributed by atoms with E-state index in [0.29, 0.717) is 0 Å². The third-order valence-electron chi connectivity index (χ3n) is 2.45. The summed E-state index contributed by atoms with van der Waals surface area (Å²) in [6, 6.07) is 5.60. The number of rotatable bonds is 4. The molecule has 90 valence electrons. The third kappa shape index (κ3) is 3.47. The molecule has 0 spiro atoms. The van der Waals surface area contributed by atoms with Crippen molar-refractivity contribution in [2.75, 3.05) is 0 Å². The van der Waals surface area contributed by atoms with Crippen LogP contribution in [0.5, 0.6) is 5.75 Å². The average Bonchev–Trinajstić information content (AvgIpc) is 2.20. The monoisotopic (exact) mass is 287 g/mol. The van der Waals surface area contributed by atoms with E-state index >= 15 is 0 Å². The van der Waals surface area contributed by atoms with Crippen LogP contribution in [0.4, 0.5) is 0 Å². The fraction of sp³-hybridized carbons (Fsp3) is 0.500. The summed E-state index contributed by atoms with van der Waals surface area (Å²) in [5.41, 5.74) is 6.80. The van der Waals surface area contributed by atoms with Gasteiger partial charge >= 0.3 is 0 Å². The zero-order valence-corrected chi connectivity index (χ0v) is 11.4. The molecule has 0 amide bonds. The van der Waals surface area contributed by atoms with E-state index in [1.165, 1.54) is 0 Å². The van der Waals surface area contributed by atoms with Crippen molar-refractivity contribution in [1.29, 1.82) is 0 Å². The Bertz CT molecular complexity index is 353. The van der Waals surface area contributed by atoms with Gasteiger partial charge in [0.15, 0.2) is 0 Å². The van der Waals surface area contributed by atoms with Crippen LogP contribution < -0.4 is 10.5 Å². The number of hydrogen-bond acceptors (Lipinski definition) is 3. The van der Waals surface area contributed by atoms with Gasteiger partial charge in [-0.3, -0.25) is 0 Å². The van der Waals surface area contributed by atoms with Gasteiger partial charge in [0.05, 0.1) is 6.10 Å². The van der Waals surface area contributed by atoms with Gasteiger partial charge in [-0.2, -0.15) is 0 Å². The summed E-state index contributed by atoms with van der Waals surface area (Å²) in [7, 11) is 0. The normalized spacial score (nSPS) is 16.6. The zero-order valence-electron chi connectivity index (χ0n) is 9.77. The highest BCUT2D eigenvalue weighted by Crippen LogP contribution is 2.28. The van der Waals surface area contributed by atoms with Crippen molar-refractivity contribution < 1.29 is 9.84 Å². The molecule has 0 radical (unpaired) electrons. The van der Waals surface area contributed by atoms with Gasteiger partial charge in [-0.25, -0.2) is 0 Å². The van der Waals surface area contributed by atoms with Crippen molar-refractivity contribution in [3.63, 3.8) is 0 Å². The van der Waals surface area contributed by atoms with Gasteiger partial charge in [0.25, 0.3) is 0 Å². The predicted octanol–water partition coefficient (Wildman–Crippen LogP) is 2.62. The van der Waals surface area contributed by atoms with Gasteiger partial charge in [0, 0.05) is 16.1 Å². The maximum absolute atomic E-state index is 9.40. The molecule has 1 aromatic carbocycles. The Morgan fingerprint density at radius 3 is 2.44 bits per heavy atom. The maximum Gasteiger partial charge on any atom is 0.124 e. The average molecular weight is 288 g/mol. The molecule has 1 aromatic rings. The lowest BCUT2D eigenvalue weighted by atomic mass is 10.1. The van der Waals surface area contributed by atoms with Crippen molar-refractivity contribution in [3.05, 3.63) is 28.2 Å². The van der Waals surface area contributed by atoms with Crippen molar-refractivity contribution >= 4 is 15.9 Å². The first-order chi connectivity index (χ1) is 7.41. The summed E-state index contributed by atoms with van der Waals surface area (Å²) in [5, 5.41) is 9.40. The van der Waals surface area contributed by atoms with E-state index in [0.717, 1.165) is 15.8 Å². The highest BCUT2D eigenvalue weighted by atomic mass is 79.9. The standard InChI is InChI=1S/C12H18BrNO2/c1-7(14)11-6-10(13)4-5-12(11)16-9(3)8(2)15/h4-9,15H,14H2,1-3H3. The first-order valence-corrected chi connectivity index (χ1v) is 6.11. The molecule has 0 saturated heterocycles. The number of aliphatic hydroxyl groups is 1. The first-order valence-electron chi connectivity index (χ1n) is 5.31. The SMILES string of the molecule is CC(N)c1cc(Br)ccc1OC(C)C(C)O. The lowest BCUT2D eigenvalue weighted by Crippen LogP contribution is -2.26. The van der Waals surface area contributed by atoms with Crippen molar-refractivity contribution in [1.82, 2.24) is 0 Å². The Morgan fingerprint density at radius 2 is 1.94 bits per heavy atom. The van der Waals surface area contributed by atoms with E-state index in [2.05, 4.69) is 15.9 Å². The van der Waals surface area contributed by atoms with Crippen LogP contribution in [0.15, 0.2) is 22.7 Å². The van der Waals surface area contributed by atoms with Gasteiger partial charge < -0.3 is 15.6 Å². The van der Waals surface area contributed by atoms with Crippen LogP contribution >= 0.6 is 15.9 Å². The maximum atomic E-state index is 9.40. The smallest absolute Gasteiger partial charge is 0.124 e. The van der Waals surface area contributed by atoms with Crippen molar-refractivity contribution in [3.8, 4) is 5.75 Å². The molecule has 3 nitrogen and oxygen atoms in total. The molecule has 0 heterocycles. The number of nitrogens with two attached hydrogens (primary N) is 1. The number of aliphatic hydroxyl groups excluding tert-OH is 1. The molecule has 0 aliphatic rings. The molecule has 16 heavy (non-hydrogen) atoms. The highest BCUT2D eigenvalue weighted by Gasteiger charge is 2.14. The molecule has 0 bridgehead atoms. The Labute approximate surface area is 105 Å². The molecular formula is C12H18BrNO2. The summed E-state index contributed by atoms with van der Waals surface area (Å²) in [5.74, 6) is 0.728. The largest absolute Gasteiger partial charge is 0.488 e. The third-order valence-corrected chi connectivity index (χ3v) is 2.95. The fourth-order valence-corrected chi connectivity index (χ4v) is 1.66. The number of hydrogen-bond donors (Lipinski definition) is 2. The molecule has 0 saturated carbocycles. The Hall–Kier alpha value is -0.580. The summed E-state index contributed by atoms with van der Waals surface area (Å²) in [6.45, 7) is 5.44. The number of ether oxygens (including phenoxy) is 1. The molecular weight excluding hydrogens is 270 g/mol. The van der Waals surface area contributed by atoms with E-state index in [1.807, 2.05) is 32.0 Å². The van der Waals surface area contributed by atoms with Crippen LogP contribution in [0.25, 0.3) is 0 Å². The molecule has 0 fully saturated rings. The second-order valence-electron chi connectivity index (χ2n) is 4.03. The van der Waals surface area contributed by atoms with Gasteiger partial charge in [-0.05, 0) is 39.0 Å². The molecule has 0 aliphatic heterocycles. The van der Waals surface area contributed by atoms with Gasteiger partial charge in [0.1, 0.15) is 11.9 Å². The van der Waals surface area contributed by atoms with Crippen LogP contribution in [-0.2, 0) is 0 Å². The second-order valence-corrected chi connectivity index (χ2v) is 4.95. The van der Waals surface area contributed by atoms with E-state index in [4.69, 9.17) is 10.5 Å². The molecule has 4 heteroatoms. The fourth-order valence-electron chi connectivity index (χ4n) is 1.28. The van der Waals surface area contributed by atoms with Gasteiger partial charge in [-0.1, -0.05) is 15.9 Å². The van der Waals surface area contributed by atoms with Crippen molar-refractivity contribution in [2.24, 2.45) is 5.73 Å². The number of benzene rings is 1. The van der Waals surface area contributed by atoms with E-state index in [9.17, 15) is 5.11 Å². The topological polar surface area (TPSA) is 55.5 Å². The van der Waals surface area contributed by atoms with Gasteiger partial charge in [-0.15, -0.1) is 0 Å². The molecule has 3 N–H and O–H groups in total. The molecule has 3 unspecified atom stereocenters. The van der Waals surface area contributed by atoms with Crippen LogP contribution in [0, 0.1) is 0 Å². The molecule has 0 aliphatic carbocycles. The van der Waals surface area contributed by atoms with Gasteiger partial charge in [0.2, 0.25) is 0 Å². The van der Waals surface area contributed by atoms with E-state index < -0.39 is 6.10 Å². The first kappa shape index (κ1) is 13.5. The summed E-state index contributed by atoms with van der Waals surface area (Å²) in [4.78, 5) is 0. The summed E-state index contributed by atoms with van der Waals surface area (Å²) < 4.78 is 6.64. The predicted molar refractivity (Wildman–Crippen MR) is 68.5 cm³/mol. The lowest BCUT2D eigenvalue weighted by Gasteiger charge is -2.21. The Kier molecular flexibility index (Phi) is 4.77. The van der Waals surface area contributed by atoms with E-state index in [1.54, 1.807) is 6.92 Å². The molecule has 0 aromatic heterocycles. The summed E-state index contributed by atoms with van der Waals surface area (Å²) >= 11 is 3.40. The minimum absolute atomic E-state index is 0.103. The highest BCUT2D eigenvalue weighted by molar-refractivity contribution is 9.10. The minimum Gasteiger partial charge on any atom is -0.488 e. The van der Waals surface area contributed by atoms with Crippen LogP contribution in [0.1, 0.15) is 32.4 Å². The van der Waals surface area contributed by atoms with Crippen LogP contribution in [0.3, 0.4) is 0 Å². The molecule has 1 rings (SSSR count). The summed E-state index contributed by atoms with van der Waals surface area (Å²) in [6.07, 6.45) is -0.761. The second kappa shape index (κ2) is 5.66. The van der Waals surface area contributed by atoms with Crippen LogP contribution in [-0.4, -0.2) is 17.3 Å². The van der Waals surface area contributed by atoms with Crippen molar-refractivity contribution in [2.45, 2.75) is 39.0 Å². The minimum atomic E-state index is -0.510. The Morgan fingerprint density at radius 1 is 1.31 bits per heavy atom. The zero-order chi connectivity index (χ0) is 12.3.